The maximum atomic E-state index is 9.32. The molecule has 96 valence electrons. The minimum atomic E-state index is -0.631. The molecule has 2 rings (SSSR count). The number of hydrogen-bond donors (Lipinski definition) is 3. The number of aliphatic hydroxyl groups is 2. The van der Waals surface area contributed by atoms with E-state index in [9.17, 15) is 10.2 Å². The Hall–Kier alpha value is -0.130. The van der Waals surface area contributed by atoms with Crippen molar-refractivity contribution in [1.82, 2.24) is 5.32 Å². The Morgan fingerprint density at radius 1 is 1.53 bits per heavy atom. The molecular formula is C12H18ClNO2S. The van der Waals surface area contributed by atoms with Gasteiger partial charge in [-0.2, -0.15) is 0 Å². The van der Waals surface area contributed by atoms with Gasteiger partial charge in [-0.05, 0) is 37.8 Å². The molecule has 1 heterocycles. The highest BCUT2D eigenvalue weighted by Crippen LogP contribution is 2.38. The van der Waals surface area contributed by atoms with Crippen LogP contribution in [0.15, 0.2) is 6.07 Å². The first-order chi connectivity index (χ1) is 8.08. The SMILES string of the molecule is CC(CO)(CO)NC1CCCc2sc(Cl)cc21. The number of fused-ring (bicyclic) bond motifs is 1. The largest absolute Gasteiger partial charge is 0.394 e. The van der Waals surface area contributed by atoms with Crippen LogP contribution in [0.5, 0.6) is 0 Å². The van der Waals surface area contributed by atoms with Gasteiger partial charge in [0.2, 0.25) is 0 Å². The normalized spacial score (nSPS) is 20.4. The number of thiophene rings is 1. The molecule has 0 spiro atoms. The van der Waals surface area contributed by atoms with Crippen LogP contribution in [0.4, 0.5) is 0 Å². The van der Waals surface area contributed by atoms with Crippen molar-refractivity contribution in [3.63, 3.8) is 0 Å². The first-order valence-electron chi connectivity index (χ1n) is 5.85. The van der Waals surface area contributed by atoms with Gasteiger partial charge in [0, 0.05) is 10.9 Å². The van der Waals surface area contributed by atoms with Crippen molar-refractivity contribution in [3.05, 3.63) is 20.8 Å². The predicted octanol–water partition coefficient (Wildman–Crippen LogP) is 2.11. The van der Waals surface area contributed by atoms with E-state index in [-0.39, 0.29) is 19.3 Å². The van der Waals surface area contributed by atoms with Crippen LogP contribution in [0.2, 0.25) is 4.34 Å². The van der Waals surface area contributed by atoms with Gasteiger partial charge >= 0.3 is 0 Å². The van der Waals surface area contributed by atoms with E-state index in [4.69, 9.17) is 11.6 Å². The Kier molecular flexibility index (Phi) is 4.10. The monoisotopic (exact) mass is 275 g/mol. The number of nitrogens with one attached hydrogen (secondary N) is 1. The number of aliphatic hydroxyl groups excluding tert-OH is 2. The van der Waals surface area contributed by atoms with Crippen molar-refractivity contribution in [1.29, 1.82) is 0 Å². The minimum Gasteiger partial charge on any atom is -0.394 e. The van der Waals surface area contributed by atoms with Gasteiger partial charge in [-0.15, -0.1) is 11.3 Å². The molecule has 17 heavy (non-hydrogen) atoms. The second-order valence-corrected chi connectivity index (χ2v) is 6.66. The van der Waals surface area contributed by atoms with E-state index < -0.39 is 5.54 Å². The highest BCUT2D eigenvalue weighted by atomic mass is 35.5. The van der Waals surface area contributed by atoms with Crippen LogP contribution in [0, 0.1) is 0 Å². The molecule has 1 aliphatic rings. The van der Waals surface area contributed by atoms with E-state index in [2.05, 4.69) is 5.32 Å². The molecule has 1 unspecified atom stereocenters. The zero-order valence-electron chi connectivity index (χ0n) is 9.87. The summed E-state index contributed by atoms with van der Waals surface area (Å²) in [5.41, 5.74) is 0.604. The van der Waals surface area contributed by atoms with Crippen LogP contribution in [0.1, 0.15) is 36.2 Å². The minimum absolute atomic E-state index is 0.0762. The molecule has 0 bridgehead atoms. The first kappa shape index (κ1) is 13.3. The van der Waals surface area contributed by atoms with E-state index >= 15 is 0 Å². The molecule has 1 aromatic heterocycles. The van der Waals surface area contributed by atoms with Gasteiger partial charge in [0.05, 0.1) is 23.1 Å². The Balaban J connectivity index is 2.18. The summed E-state index contributed by atoms with van der Waals surface area (Å²) in [5.74, 6) is 0. The van der Waals surface area contributed by atoms with Crippen molar-refractivity contribution in [3.8, 4) is 0 Å². The zero-order valence-corrected chi connectivity index (χ0v) is 11.4. The zero-order chi connectivity index (χ0) is 12.5. The van der Waals surface area contributed by atoms with Gasteiger partial charge in [-0.1, -0.05) is 11.6 Å². The van der Waals surface area contributed by atoms with Gasteiger partial charge in [0.25, 0.3) is 0 Å². The summed E-state index contributed by atoms with van der Waals surface area (Å²) in [4.78, 5) is 1.33. The summed E-state index contributed by atoms with van der Waals surface area (Å²) in [6.45, 7) is 1.68. The molecule has 1 aliphatic carbocycles. The van der Waals surface area contributed by atoms with Crippen molar-refractivity contribution in [2.75, 3.05) is 13.2 Å². The maximum absolute atomic E-state index is 9.32. The Morgan fingerprint density at radius 2 is 2.24 bits per heavy atom. The summed E-state index contributed by atoms with van der Waals surface area (Å²) in [6.07, 6.45) is 3.23. The van der Waals surface area contributed by atoms with Crippen LogP contribution in [-0.2, 0) is 6.42 Å². The molecule has 0 aliphatic heterocycles. The van der Waals surface area contributed by atoms with Crippen molar-refractivity contribution < 1.29 is 10.2 Å². The smallest absolute Gasteiger partial charge is 0.0934 e. The molecule has 0 saturated carbocycles. The Bertz CT molecular complexity index is 390. The van der Waals surface area contributed by atoms with E-state index in [0.717, 1.165) is 23.6 Å². The molecule has 0 amide bonds. The molecule has 1 atom stereocenters. The maximum Gasteiger partial charge on any atom is 0.0934 e. The average molecular weight is 276 g/mol. The molecule has 3 nitrogen and oxygen atoms in total. The van der Waals surface area contributed by atoms with Gasteiger partial charge < -0.3 is 15.5 Å². The van der Waals surface area contributed by atoms with Crippen LogP contribution >= 0.6 is 22.9 Å². The van der Waals surface area contributed by atoms with Crippen molar-refractivity contribution in [2.45, 2.75) is 37.8 Å². The third-order valence-corrected chi connectivity index (χ3v) is 4.64. The topological polar surface area (TPSA) is 52.5 Å². The lowest BCUT2D eigenvalue weighted by Gasteiger charge is -2.34. The molecule has 1 aromatic rings. The van der Waals surface area contributed by atoms with Gasteiger partial charge in [0.1, 0.15) is 0 Å². The average Bonchev–Trinajstić information content (AvgIpc) is 2.70. The van der Waals surface area contributed by atoms with Crippen LogP contribution in [-0.4, -0.2) is 29.0 Å². The Morgan fingerprint density at radius 3 is 2.88 bits per heavy atom. The molecule has 0 radical (unpaired) electrons. The number of halogens is 1. The first-order valence-corrected chi connectivity index (χ1v) is 7.05. The molecule has 0 fully saturated rings. The second-order valence-electron chi connectivity index (χ2n) is 4.90. The second kappa shape index (κ2) is 5.24. The van der Waals surface area contributed by atoms with E-state index in [1.807, 2.05) is 13.0 Å². The predicted molar refractivity (Wildman–Crippen MR) is 70.7 cm³/mol. The van der Waals surface area contributed by atoms with Gasteiger partial charge in [0.15, 0.2) is 0 Å². The van der Waals surface area contributed by atoms with Crippen LogP contribution in [0.3, 0.4) is 0 Å². The van der Waals surface area contributed by atoms with Crippen molar-refractivity contribution in [2.24, 2.45) is 0 Å². The van der Waals surface area contributed by atoms with Crippen molar-refractivity contribution >= 4 is 22.9 Å². The quantitative estimate of drug-likeness (QED) is 0.789. The molecule has 0 aromatic carbocycles. The lowest BCUT2D eigenvalue weighted by Crippen LogP contribution is -2.50. The van der Waals surface area contributed by atoms with Crippen LogP contribution in [0.25, 0.3) is 0 Å². The fourth-order valence-electron chi connectivity index (χ4n) is 2.23. The fourth-order valence-corrected chi connectivity index (χ4v) is 3.62. The van der Waals surface area contributed by atoms with Gasteiger partial charge in [-0.25, -0.2) is 0 Å². The van der Waals surface area contributed by atoms with E-state index in [1.165, 1.54) is 10.4 Å². The number of hydrogen-bond acceptors (Lipinski definition) is 4. The lowest BCUT2D eigenvalue weighted by molar-refractivity contribution is 0.0915. The summed E-state index contributed by atoms with van der Waals surface area (Å²) in [7, 11) is 0. The van der Waals surface area contributed by atoms with Gasteiger partial charge in [-0.3, -0.25) is 0 Å². The Labute approximate surface area is 110 Å². The van der Waals surface area contributed by atoms with E-state index in [1.54, 1.807) is 11.3 Å². The van der Waals surface area contributed by atoms with Crippen LogP contribution < -0.4 is 5.32 Å². The summed E-state index contributed by atoms with van der Waals surface area (Å²) >= 11 is 7.68. The molecule has 5 heteroatoms. The number of aryl methyl sites for hydroxylation is 1. The summed E-state index contributed by atoms with van der Waals surface area (Å²) < 4.78 is 0.818. The third kappa shape index (κ3) is 2.83. The highest BCUT2D eigenvalue weighted by Gasteiger charge is 2.30. The molecule has 0 saturated heterocycles. The molecular weight excluding hydrogens is 258 g/mol. The standard InChI is InChI=1S/C12H18ClNO2S/c1-12(6-15,7-16)14-9-3-2-4-10-8(9)5-11(13)17-10/h5,9,14-16H,2-4,6-7H2,1H3. The van der Waals surface area contributed by atoms with E-state index in [0.29, 0.717) is 0 Å². The fraction of sp³-hybridized carbons (Fsp3) is 0.667. The summed E-state index contributed by atoms with van der Waals surface area (Å²) in [5, 5.41) is 22.0. The molecule has 3 N–H and O–H groups in total. The highest BCUT2D eigenvalue weighted by molar-refractivity contribution is 7.16. The third-order valence-electron chi connectivity index (χ3n) is 3.30. The lowest BCUT2D eigenvalue weighted by atomic mass is 9.91. The number of rotatable bonds is 4. The summed E-state index contributed by atoms with van der Waals surface area (Å²) in [6, 6.07) is 2.19.